The van der Waals surface area contributed by atoms with E-state index < -0.39 is 0 Å². The van der Waals surface area contributed by atoms with Crippen LogP contribution in [0.25, 0.3) is 0 Å². The summed E-state index contributed by atoms with van der Waals surface area (Å²) in [6.45, 7) is 1.55. The predicted octanol–water partition coefficient (Wildman–Crippen LogP) is 0.939. The lowest BCUT2D eigenvalue weighted by atomic mass is 9.88. The Morgan fingerprint density at radius 1 is 1.38 bits per heavy atom. The van der Waals surface area contributed by atoms with Crippen molar-refractivity contribution < 1.29 is 14.1 Å². The molecule has 70 valence electrons. The van der Waals surface area contributed by atoms with Crippen molar-refractivity contribution in [1.29, 1.82) is 0 Å². The molecule has 13 heavy (non-hydrogen) atoms. The lowest BCUT2D eigenvalue weighted by Gasteiger charge is -2.04. The Bertz CT molecular complexity index is 293. The van der Waals surface area contributed by atoms with Gasteiger partial charge in [0, 0.05) is 19.0 Å². The van der Waals surface area contributed by atoms with Crippen molar-refractivity contribution in [2.45, 2.75) is 6.92 Å². The number of ketones is 1. The molecule has 0 aliphatic carbocycles. The molecule has 1 aromatic heterocycles. The maximum Gasteiger partial charge on any atom is 0.504 e. The van der Waals surface area contributed by atoms with E-state index in [1.54, 1.807) is 27.2 Å². The lowest BCUT2D eigenvalue weighted by molar-refractivity contribution is 0.102. The molecule has 0 saturated heterocycles. The van der Waals surface area contributed by atoms with E-state index in [4.69, 9.17) is 9.31 Å². The minimum atomic E-state index is -0.363. The Balaban J connectivity index is 2.84. The van der Waals surface area contributed by atoms with Crippen molar-refractivity contribution >= 4 is 29.0 Å². The standard InChI is InChI=1S/C8H11BO3S/c1-6(10)7-4-5-8(13-7)9(11-2)12-3/h4-5H,1-3H3. The average Bonchev–Trinajstić information content (AvgIpc) is 2.56. The highest BCUT2D eigenvalue weighted by Crippen LogP contribution is 2.08. The zero-order chi connectivity index (χ0) is 9.84. The number of thiophene rings is 1. The van der Waals surface area contributed by atoms with Crippen molar-refractivity contribution in [2.24, 2.45) is 0 Å². The summed E-state index contributed by atoms with van der Waals surface area (Å²) in [6.07, 6.45) is 0. The van der Waals surface area contributed by atoms with Gasteiger partial charge in [0.1, 0.15) is 0 Å². The Hall–Kier alpha value is -0.645. The summed E-state index contributed by atoms with van der Waals surface area (Å²) in [5.41, 5.74) is 0. The van der Waals surface area contributed by atoms with E-state index in [-0.39, 0.29) is 12.9 Å². The molecule has 0 unspecified atom stereocenters. The van der Waals surface area contributed by atoms with E-state index in [0.29, 0.717) is 0 Å². The predicted molar refractivity (Wildman–Crippen MR) is 53.7 cm³/mol. The van der Waals surface area contributed by atoms with Gasteiger partial charge in [-0.15, -0.1) is 11.3 Å². The van der Waals surface area contributed by atoms with Gasteiger partial charge in [-0.25, -0.2) is 0 Å². The molecule has 3 nitrogen and oxygen atoms in total. The van der Waals surface area contributed by atoms with Crippen LogP contribution in [0, 0.1) is 0 Å². The molecular weight excluding hydrogens is 187 g/mol. The molecule has 0 amide bonds. The molecule has 0 aromatic carbocycles. The molecule has 0 bridgehead atoms. The van der Waals surface area contributed by atoms with Gasteiger partial charge < -0.3 is 9.31 Å². The van der Waals surface area contributed by atoms with E-state index in [1.807, 2.05) is 6.07 Å². The van der Waals surface area contributed by atoms with Gasteiger partial charge in [-0.05, 0) is 13.0 Å². The fraction of sp³-hybridized carbons (Fsp3) is 0.375. The van der Waals surface area contributed by atoms with E-state index in [2.05, 4.69) is 0 Å². The van der Waals surface area contributed by atoms with E-state index in [9.17, 15) is 4.79 Å². The first-order valence-electron chi connectivity index (χ1n) is 3.85. The summed E-state index contributed by atoms with van der Waals surface area (Å²) >= 11 is 1.40. The fourth-order valence-corrected chi connectivity index (χ4v) is 1.96. The molecule has 0 fully saturated rings. The van der Waals surface area contributed by atoms with Crippen LogP contribution < -0.4 is 4.78 Å². The highest BCUT2D eigenvalue weighted by molar-refractivity contribution is 7.23. The summed E-state index contributed by atoms with van der Waals surface area (Å²) in [6, 6.07) is 3.63. The van der Waals surface area contributed by atoms with E-state index in [0.717, 1.165) is 9.65 Å². The molecule has 0 aliphatic rings. The number of rotatable bonds is 4. The van der Waals surface area contributed by atoms with E-state index >= 15 is 0 Å². The van der Waals surface area contributed by atoms with Gasteiger partial charge in [0.25, 0.3) is 0 Å². The van der Waals surface area contributed by atoms with Gasteiger partial charge in [-0.3, -0.25) is 4.79 Å². The van der Waals surface area contributed by atoms with Crippen molar-refractivity contribution in [3.05, 3.63) is 17.0 Å². The monoisotopic (exact) mass is 198 g/mol. The third-order valence-corrected chi connectivity index (χ3v) is 2.84. The maximum absolute atomic E-state index is 11.0. The largest absolute Gasteiger partial charge is 0.504 e. The van der Waals surface area contributed by atoms with Gasteiger partial charge >= 0.3 is 7.12 Å². The van der Waals surface area contributed by atoms with Crippen molar-refractivity contribution in [1.82, 2.24) is 0 Å². The minimum absolute atomic E-state index is 0.0715. The molecule has 0 atom stereocenters. The van der Waals surface area contributed by atoms with Gasteiger partial charge in [-0.2, -0.15) is 0 Å². The van der Waals surface area contributed by atoms with Crippen LogP contribution in [0.1, 0.15) is 16.6 Å². The summed E-state index contributed by atoms with van der Waals surface area (Å²) in [4.78, 5) is 11.7. The molecule has 5 heteroatoms. The summed E-state index contributed by atoms with van der Waals surface area (Å²) in [5, 5.41) is 0. The molecule has 0 saturated carbocycles. The first-order chi connectivity index (χ1) is 6.19. The van der Waals surface area contributed by atoms with Crippen molar-refractivity contribution in [2.75, 3.05) is 14.2 Å². The molecule has 0 spiro atoms. The quantitative estimate of drug-likeness (QED) is 0.533. The second-order valence-corrected chi connectivity index (χ2v) is 3.68. The summed E-state index contributed by atoms with van der Waals surface area (Å²) in [7, 11) is 2.78. The smallest absolute Gasteiger partial charge is 0.410 e. The van der Waals surface area contributed by atoms with Crippen LogP contribution in [0.5, 0.6) is 0 Å². The number of Topliss-reactive ketones (excluding diaryl/α,β-unsaturated/α-hetero) is 1. The average molecular weight is 198 g/mol. The topological polar surface area (TPSA) is 35.5 Å². The van der Waals surface area contributed by atoms with Gasteiger partial charge in [0.15, 0.2) is 5.78 Å². The maximum atomic E-state index is 11.0. The molecule has 0 aliphatic heterocycles. The van der Waals surface area contributed by atoms with Crippen molar-refractivity contribution in [3.8, 4) is 0 Å². The molecule has 1 aromatic rings. The Morgan fingerprint density at radius 3 is 2.38 bits per heavy atom. The van der Waals surface area contributed by atoms with Crippen LogP contribution in [-0.2, 0) is 9.31 Å². The Labute approximate surface area is 81.8 Å². The van der Waals surface area contributed by atoms with Crippen LogP contribution in [0.15, 0.2) is 12.1 Å². The number of hydrogen-bond acceptors (Lipinski definition) is 4. The Kier molecular flexibility index (Phi) is 3.65. The van der Waals surface area contributed by atoms with Crippen LogP contribution in [-0.4, -0.2) is 27.1 Å². The fourth-order valence-electron chi connectivity index (χ4n) is 0.997. The first kappa shape index (κ1) is 10.4. The highest BCUT2D eigenvalue weighted by Gasteiger charge is 2.20. The molecule has 0 radical (unpaired) electrons. The van der Waals surface area contributed by atoms with Gasteiger partial charge in [-0.1, -0.05) is 6.07 Å². The van der Waals surface area contributed by atoms with Crippen molar-refractivity contribution in [3.63, 3.8) is 0 Å². The minimum Gasteiger partial charge on any atom is -0.410 e. The summed E-state index contributed by atoms with van der Waals surface area (Å²) in [5.74, 6) is 0.0715. The van der Waals surface area contributed by atoms with Gasteiger partial charge in [0.05, 0.1) is 4.88 Å². The van der Waals surface area contributed by atoms with Crippen LogP contribution in [0.2, 0.25) is 0 Å². The zero-order valence-electron chi connectivity index (χ0n) is 7.87. The number of carbonyl (C=O) groups excluding carboxylic acids is 1. The van der Waals surface area contributed by atoms with Gasteiger partial charge in [0.2, 0.25) is 0 Å². The third kappa shape index (κ3) is 2.40. The van der Waals surface area contributed by atoms with Crippen LogP contribution in [0.4, 0.5) is 0 Å². The second-order valence-electron chi connectivity index (χ2n) is 2.56. The molecule has 1 rings (SSSR count). The number of carbonyl (C=O) groups is 1. The lowest BCUT2D eigenvalue weighted by Crippen LogP contribution is -2.32. The SMILES string of the molecule is COB(OC)c1ccc(C(C)=O)s1. The number of hydrogen-bond donors (Lipinski definition) is 0. The summed E-state index contributed by atoms with van der Waals surface area (Å²) < 4.78 is 11.0. The van der Waals surface area contributed by atoms with E-state index in [1.165, 1.54) is 11.3 Å². The first-order valence-corrected chi connectivity index (χ1v) is 4.67. The Morgan fingerprint density at radius 2 is 2.00 bits per heavy atom. The van der Waals surface area contributed by atoms with Crippen LogP contribution in [0.3, 0.4) is 0 Å². The molecule has 0 N–H and O–H groups in total. The zero-order valence-corrected chi connectivity index (χ0v) is 8.68. The molecular formula is C8H11BO3S. The molecule has 1 heterocycles. The highest BCUT2D eigenvalue weighted by atomic mass is 32.1. The van der Waals surface area contributed by atoms with Crippen LogP contribution >= 0.6 is 11.3 Å². The normalized spacial score (nSPS) is 10.1. The third-order valence-electron chi connectivity index (χ3n) is 1.63. The second kappa shape index (κ2) is 4.55.